The minimum Gasteiger partial charge on any atom is -0.294 e. The van der Waals surface area contributed by atoms with Gasteiger partial charge in [-0.15, -0.1) is 0 Å². The molecule has 27 heavy (non-hydrogen) atoms. The summed E-state index contributed by atoms with van der Waals surface area (Å²) in [5, 5.41) is 0. The number of allylic oxidation sites excluding steroid dienone is 2. The molecule has 0 heterocycles. The fourth-order valence-electron chi connectivity index (χ4n) is 4.13. The van der Waals surface area contributed by atoms with Crippen LogP contribution >= 0.6 is 0 Å². The van der Waals surface area contributed by atoms with Gasteiger partial charge >= 0.3 is 0 Å². The van der Waals surface area contributed by atoms with E-state index in [9.17, 15) is 9.00 Å². The number of carbonyl (C=O) groups excluding carboxylic acids is 1. The Balaban J connectivity index is 1.81. The Morgan fingerprint density at radius 2 is 1.67 bits per heavy atom. The molecule has 2 aromatic carbocycles. The lowest BCUT2D eigenvalue weighted by molar-refractivity contribution is -0.113. The van der Waals surface area contributed by atoms with E-state index >= 15 is 0 Å². The molecular formula is C23H25NO2S. The summed E-state index contributed by atoms with van der Waals surface area (Å²) in [5.74, 6) is 0.394. The molecule has 1 N–H and O–H groups in total. The van der Waals surface area contributed by atoms with Gasteiger partial charge in [0, 0.05) is 18.0 Å². The van der Waals surface area contributed by atoms with Crippen molar-refractivity contribution in [1.82, 2.24) is 4.72 Å². The second-order valence-corrected chi connectivity index (χ2v) is 10.4. The summed E-state index contributed by atoms with van der Waals surface area (Å²) >= 11 is 0. The Bertz CT molecular complexity index is 940. The molecule has 0 saturated carbocycles. The number of benzene rings is 2. The maximum atomic E-state index is 12.9. The van der Waals surface area contributed by atoms with Gasteiger partial charge in [0.05, 0.1) is 15.7 Å². The first kappa shape index (κ1) is 18.3. The molecule has 0 saturated heterocycles. The molecule has 0 aromatic heterocycles. The Kier molecular flexibility index (Phi) is 4.65. The number of carbonyl (C=O) groups is 1. The molecule has 0 aliphatic heterocycles. The Morgan fingerprint density at radius 3 is 2.37 bits per heavy atom. The van der Waals surface area contributed by atoms with Gasteiger partial charge in [0.1, 0.15) is 0 Å². The van der Waals surface area contributed by atoms with Crippen molar-refractivity contribution in [3.63, 3.8) is 0 Å². The first-order valence-electron chi connectivity index (χ1n) is 9.46. The van der Waals surface area contributed by atoms with Crippen LogP contribution in [-0.4, -0.2) is 14.7 Å². The highest BCUT2D eigenvalue weighted by Crippen LogP contribution is 2.50. The molecule has 4 heteroatoms. The van der Waals surface area contributed by atoms with E-state index in [1.807, 2.05) is 63.2 Å². The summed E-state index contributed by atoms with van der Waals surface area (Å²) < 4.78 is 15.7. The van der Waals surface area contributed by atoms with Gasteiger partial charge in [-0.3, -0.25) is 4.79 Å². The highest BCUT2D eigenvalue weighted by atomic mass is 32.2. The Hall–Kier alpha value is -2.04. The second-order valence-electron chi connectivity index (χ2n) is 8.35. The largest absolute Gasteiger partial charge is 0.294 e. The molecule has 140 valence electrons. The third kappa shape index (κ3) is 3.32. The number of hydrogen-bond donors (Lipinski definition) is 1. The van der Waals surface area contributed by atoms with Crippen LogP contribution in [0.4, 0.5) is 0 Å². The molecule has 2 aliphatic rings. The molecule has 4 rings (SSSR count). The zero-order valence-corrected chi connectivity index (χ0v) is 16.8. The molecule has 0 fully saturated rings. The summed E-state index contributed by atoms with van der Waals surface area (Å²) in [6, 6.07) is 18.2. The normalized spacial score (nSPS) is 23.1. The van der Waals surface area contributed by atoms with Crippen LogP contribution in [0.3, 0.4) is 0 Å². The van der Waals surface area contributed by atoms with Crippen molar-refractivity contribution >= 4 is 27.9 Å². The van der Waals surface area contributed by atoms with Gasteiger partial charge in [-0.05, 0) is 55.4 Å². The monoisotopic (exact) mass is 379 g/mol. The van der Waals surface area contributed by atoms with Gasteiger partial charge in [-0.25, -0.2) is 8.93 Å². The van der Waals surface area contributed by atoms with E-state index in [1.165, 1.54) is 5.57 Å². The van der Waals surface area contributed by atoms with Gasteiger partial charge in [-0.1, -0.05) is 54.6 Å². The SMILES string of the molecule is CC(C)(C)S(=O)N[C@H]1C[C@@H]2CC(=O)C(c3ccccc3)=C2c2ccccc21. The molecule has 0 spiro atoms. The molecule has 3 atom stereocenters. The standard InChI is InChI=1S/C23H25NO2S/c1-23(2,3)27(26)24-19-13-16-14-20(25)22(15-9-5-4-6-10-15)21(16)18-12-8-7-11-17(18)19/h4-12,16,19,24H,13-14H2,1-3H3/t16-,19+,27?/m1/s1. The van der Waals surface area contributed by atoms with Crippen molar-refractivity contribution in [2.24, 2.45) is 5.92 Å². The maximum absolute atomic E-state index is 12.9. The van der Waals surface area contributed by atoms with Crippen molar-refractivity contribution in [2.75, 3.05) is 0 Å². The topological polar surface area (TPSA) is 46.2 Å². The van der Waals surface area contributed by atoms with Crippen molar-refractivity contribution < 1.29 is 9.00 Å². The molecule has 2 aromatic rings. The lowest BCUT2D eigenvalue weighted by atomic mass is 9.77. The van der Waals surface area contributed by atoms with Crippen LogP contribution < -0.4 is 4.72 Å². The number of fused-ring (bicyclic) bond motifs is 3. The zero-order chi connectivity index (χ0) is 19.2. The van der Waals surface area contributed by atoms with Crippen LogP contribution in [-0.2, 0) is 15.8 Å². The molecule has 2 aliphatic carbocycles. The minimum absolute atomic E-state index is 0.00192. The van der Waals surface area contributed by atoms with Gasteiger partial charge in [0.15, 0.2) is 5.78 Å². The Labute approximate surface area is 163 Å². The fraction of sp³-hybridized carbons (Fsp3) is 0.348. The Morgan fingerprint density at radius 1 is 1.00 bits per heavy atom. The molecule has 3 nitrogen and oxygen atoms in total. The quantitative estimate of drug-likeness (QED) is 0.841. The lowest BCUT2D eigenvalue weighted by Crippen LogP contribution is -2.37. The molecule has 0 amide bonds. The van der Waals surface area contributed by atoms with Crippen LogP contribution in [0.1, 0.15) is 56.3 Å². The van der Waals surface area contributed by atoms with E-state index in [4.69, 9.17) is 0 Å². The van der Waals surface area contributed by atoms with Crippen LogP contribution in [0.2, 0.25) is 0 Å². The van der Waals surface area contributed by atoms with Crippen LogP contribution in [0.5, 0.6) is 0 Å². The van der Waals surface area contributed by atoms with E-state index in [-0.39, 0.29) is 22.5 Å². The first-order chi connectivity index (χ1) is 12.9. The zero-order valence-electron chi connectivity index (χ0n) is 16.0. The van der Waals surface area contributed by atoms with Crippen molar-refractivity contribution in [3.8, 4) is 0 Å². The van der Waals surface area contributed by atoms with Crippen molar-refractivity contribution in [1.29, 1.82) is 0 Å². The fourth-order valence-corrected chi connectivity index (χ4v) is 4.97. The molecule has 0 radical (unpaired) electrons. The summed E-state index contributed by atoms with van der Waals surface area (Å²) in [6.45, 7) is 5.92. The van der Waals surface area contributed by atoms with Crippen molar-refractivity contribution in [2.45, 2.75) is 44.4 Å². The first-order valence-corrected chi connectivity index (χ1v) is 10.6. The van der Waals surface area contributed by atoms with E-state index in [0.29, 0.717) is 6.42 Å². The second kappa shape index (κ2) is 6.84. The van der Waals surface area contributed by atoms with Gasteiger partial charge < -0.3 is 0 Å². The molecular weight excluding hydrogens is 354 g/mol. The van der Waals surface area contributed by atoms with Gasteiger partial charge in [-0.2, -0.15) is 0 Å². The van der Waals surface area contributed by atoms with E-state index < -0.39 is 11.0 Å². The van der Waals surface area contributed by atoms with E-state index in [0.717, 1.165) is 28.7 Å². The average molecular weight is 380 g/mol. The average Bonchev–Trinajstić information content (AvgIpc) is 2.97. The molecule has 0 bridgehead atoms. The number of ketones is 1. The number of hydrogen-bond acceptors (Lipinski definition) is 2. The lowest BCUT2D eigenvalue weighted by Gasteiger charge is -2.33. The van der Waals surface area contributed by atoms with Gasteiger partial charge in [0.2, 0.25) is 0 Å². The van der Waals surface area contributed by atoms with Crippen LogP contribution in [0.25, 0.3) is 11.1 Å². The predicted octanol–water partition coefficient (Wildman–Crippen LogP) is 4.68. The number of nitrogens with one attached hydrogen (secondary N) is 1. The maximum Gasteiger partial charge on any atom is 0.164 e. The van der Waals surface area contributed by atoms with Crippen LogP contribution in [0, 0.1) is 5.92 Å². The number of Topliss-reactive ketones (excluding diaryl/α,β-unsaturated/α-hetero) is 1. The highest BCUT2D eigenvalue weighted by molar-refractivity contribution is 7.84. The summed E-state index contributed by atoms with van der Waals surface area (Å²) in [6.07, 6.45) is 1.34. The highest BCUT2D eigenvalue weighted by Gasteiger charge is 2.41. The minimum atomic E-state index is -1.15. The van der Waals surface area contributed by atoms with E-state index in [1.54, 1.807) is 0 Å². The summed E-state index contributed by atoms with van der Waals surface area (Å²) in [5.41, 5.74) is 5.30. The van der Waals surface area contributed by atoms with Gasteiger partial charge in [0.25, 0.3) is 0 Å². The number of rotatable bonds is 3. The summed E-state index contributed by atoms with van der Waals surface area (Å²) in [4.78, 5) is 12.9. The van der Waals surface area contributed by atoms with Crippen molar-refractivity contribution in [3.05, 3.63) is 71.3 Å². The third-order valence-corrected chi connectivity index (χ3v) is 7.01. The van der Waals surface area contributed by atoms with Crippen LogP contribution in [0.15, 0.2) is 54.6 Å². The molecule has 1 unspecified atom stereocenters. The summed E-state index contributed by atoms with van der Waals surface area (Å²) in [7, 11) is -1.15. The van der Waals surface area contributed by atoms with E-state index in [2.05, 4.69) is 16.9 Å². The third-order valence-electron chi connectivity index (χ3n) is 5.40. The smallest absolute Gasteiger partial charge is 0.164 e. The predicted molar refractivity (Wildman–Crippen MR) is 111 cm³/mol.